The third-order valence-electron chi connectivity index (χ3n) is 1.60. The van der Waals surface area contributed by atoms with Crippen LogP contribution in [0, 0.1) is 0 Å². The second-order valence-electron chi connectivity index (χ2n) is 2.34. The molecule has 0 aliphatic heterocycles. The number of aromatic nitrogens is 3. The van der Waals surface area contributed by atoms with Gasteiger partial charge in [-0.15, -0.1) is 0 Å². The Morgan fingerprint density at radius 1 is 1.58 bits per heavy atom. The molecule has 0 unspecified atom stereocenters. The Labute approximate surface area is 77.7 Å². The molecule has 0 saturated heterocycles. The summed E-state index contributed by atoms with van der Waals surface area (Å²) in [5.41, 5.74) is 2.60. The second-order valence-corrected chi connectivity index (χ2v) is 3.15. The number of hydrogen-bond donors (Lipinski definition) is 1. The number of aromatic amines is 1. The van der Waals surface area contributed by atoms with Crippen molar-refractivity contribution in [3.63, 3.8) is 0 Å². The molecular formula is C8H6BrN3. The fourth-order valence-corrected chi connectivity index (χ4v) is 1.32. The molecule has 0 fully saturated rings. The summed E-state index contributed by atoms with van der Waals surface area (Å²) in [5.74, 6) is 0. The maximum absolute atomic E-state index is 4.26. The Balaban J connectivity index is 2.83. The van der Waals surface area contributed by atoms with E-state index in [1.54, 1.807) is 12.3 Å². The third kappa shape index (κ3) is 1.04. The molecule has 2 heterocycles. The zero-order valence-electron chi connectivity index (χ0n) is 6.21. The first kappa shape index (κ1) is 7.49. The largest absolute Gasteiger partial charge is 0.344 e. The van der Waals surface area contributed by atoms with Gasteiger partial charge in [0, 0.05) is 11.8 Å². The standard InChI is InChI=1S/C8H6BrN3/c1-2-5-3-10-8-7(5)12-6(9)4-11-8/h2-4H,1H2,(H,10,11). The molecule has 1 N–H and O–H groups in total. The Morgan fingerprint density at radius 3 is 3.17 bits per heavy atom. The lowest BCUT2D eigenvalue weighted by atomic mass is 10.3. The third-order valence-corrected chi connectivity index (χ3v) is 1.98. The van der Waals surface area contributed by atoms with Crippen LogP contribution in [-0.4, -0.2) is 15.0 Å². The van der Waals surface area contributed by atoms with Crippen LogP contribution in [0.2, 0.25) is 0 Å². The quantitative estimate of drug-likeness (QED) is 0.807. The summed E-state index contributed by atoms with van der Waals surface area (Å²) in [6, 6.07) is 0. The zero-order valence-corrected chi connectivity index (χ0v) is 7.80. The molecule has 4 heteroatoms. The lowest BCUT2D eigenvalue weighted by Crippen LogP contribution is -1.81. The van der Waals surface area contributed by atoms with Gasteiger partial charge < -0.3 is 4.98 Å². The number of hydrogen-bond acceptors (Lipinski definition) is 2. The minimum absolute atomic E-state index is 0.734. The highest BCUT2D eigenvalue weighted by Gasteiger charge is 2.02. The number of rotatable bonds is 1. The summed E-state index contributed by atoms with van der Waals surface area (Å²) in [7, 11) is 0. The molecule has 0 radical (unpaired) electrons. The fourth-order valence-electron chi connectivity index (χ4n) is 1.04. The average Bonchev–Trinajstić information content (AvgIpc) is 2.46. The van der Waals surface area contributed by atoms with Crippen LogP contribution in [0.5, 0.6) is 0 Å². The van der Waals surface area contributed by atoms with Crippen LogP contribution in [0.1, 0.15) is 5.56 Å². The summed E-state index contributed by atoms with van der Waals surface area (Å²) in [5, 5.41) is 0. The van der Waals surface area contributed by atoms with Gasteiger partial charge in [0.1, 0.15) is 10.1 Å². The Morgan fingerprint density at radius 2 is 2.42 bits per heavy atom. The van der Waals surface area contributed by atoms with Crippen molar-refractivity contribution in [1.29, 1.82) is 0 Å². The molecule has 0 amide bonds. The van der Waals surface area contributed by atoms with Crippen molar-refractivity contribution in [2.45, 2.75) is 0 Å². The first-order valence-electron chi connectivity index (χ1n) is 3.43. The summed E-state index contributed by atoms with van der Waals surface area (Å²) in [4.78, 5) is 11.4. The summed E-state index contributed by atoms with van der Waals surface area (Å²) >= 11 is 3.26. The number of nitrogens with one attached hydrogen (secondary N) is 1. The predicted octanol–water partition coefficient (Wildman–Crippen LogP) is 2.36. The van der Waals surface area contributed by atoms with E-state index in [9.17, 15) is 0 Å². The summed E-state index contributed by atoms with van der Waals surface area (Å²) in [6.45, 7) is 3.68. The van der Waals surface area contributed by atoms with Gasteiger partial charge in [0.15, 0.2) is 5.65 Å². The molecule has 2 aromatic rings. The molecule has 0 aliphatic carbocycles. The summed E-state index contributed by atoms with van der Waals surface area (Å²) in [6.07, 6.45) is 5.25. The van der Waals surface area contributed by atoms with Crippen molar-refractivity contribution >= 4 is 33.2 Å². The predicted molar refractivity (Wildman–Crippen MR) is 51.7 cm³/mol. The van der Waals surface area contributed by atoms with Crippen molar-refractivity contribution in [2.24, 2.45) is 0 Å². The van der Waals surface area contributed by atoms with Crippen molar-refractivity contribution in [2.75, 3.05) is 0 Å². The Bertz CT molecular complexity index is 433. The van der Waals surface area contributed by atoms with Gasteiger partial charge in [-0.1, -0.05) is 12.7 Å². The van der Waals surface area contributed by atoms with Crippen LogP contribution in [-0.2, 0) is 0 Å². The molecule has 0 aliphatic rings. The first-order chi connectivity index (χ1) is 5.81. The van der Waals surface area contributed by atoms with Crippen molar-refractivity contribution in [1.82, 2.24) is 15.0 Å². The van der Waals surface area contributed by atoms with Gasteiger partial charge in [-0.3, -0.25) is 0 Å². The highest BCUT2D eigenvalue weighted by atomic mass is 79.9. The second kappa shape index (κ2) is 2.71. The molecule has 0 aromatic carbocycles. The molecule has 12 heavy (non-hydrogen) atoms. The minimum Gasteiger partial charge on any atom is -0.344 e. The van der Waals surface area contributed by atoms with Gasteiger partial charge in [-0.25, -0.2) is 9.97 Å². The van der Waals surface area contributed by atoms with E-state index in [1.165, 1.54) is 0 Å². The van der Waals surface area contributed by atoms with Gasteiger partial charge in [0.25, 0.3) is 0 Å². The van der Waals surface area contributed by atoms with Gasteiger partial charge in [0.05, 0.1) is 6.20 Å². The van der Waals surface area contributed by atoms with Crippen LogP contribution in [0.4, 0.5) is 0 Å². The zero-order chi connectivity index (χ0) is 8.55. The van der Waals surface area contributed by atoms with Crippen LogP contribution < -0.4 is 0 Å². The SMILES string of the molecule is C=Cc1c[nH]c2ncc(Br)nc12. The van der Waals surface area contributed by atoms with Gasteiger partial charge >= 0.3 is 0 Å². The molecular weight excluding hydrogens is 218 g/mol. The van der Waals surface area contributed by atoms with Crippen LogP contribution in [0.25, 0.3) is 17.2 Å². The molecule has 2 aromatic heterocycles. The summed E-state index contributed by atoms with van der Waals surface area (Å²) < 4.78 is 0.734. The Kier molecular flexibility index (Phi) is 1.69. The van der Waals surface area contributed by atoms with Crippen LogP contribution >= 0.6 is 15.9 Å². The number of fused-ring (bicyclic) bond motifs is 1. The van der Waals surface area contributed by atoms with Gasteiger partial charge in [0.2, 0.25) is 0 Å². The molecule has 0 bridgehead atoms. The molecule has 0 spiro atoms. The maximum Gasteiger partial charge on any atom is 0.156 e. The van der Waals surface area contributed by atoms with Gasteiger partial charge in [-0.2, -0.15) is 0 Å². The monoisotopic (exact) mass is 223 g/mol. The average molecular weight is 224 g/mol. The van der Waals surface area contributed by atoms with Crippen molar-refractivity contribution < 1.29 is 0 Å². The topological polar surface area (TPSA) is 41.6 Å². The maximum atomic E-state index is 4.26. The van der Waals surface area contributed by atoms with E-state index in [0.29, 0.717) is 0 Å². The molecule has 0 atom stereocenters. The van der Waals surface area contributed by atoms with Crippen molar-refractivity contribution in [3.05, 3.63) is 29.1 Å². The molecule has 60 valence electrons. The van der Waals surface area contributed by atoms with E-state index in [1.807, 2.05) is 6.20 Å². The molecule has 3 nitrogen and oxygen atoms in total. The van der Waals surface area contributed by atoms with E-state index < -0.39 is 0 Å². The van der Waals surface area contributed by atoms with Gasteiger partial charge in [-0.05, 0) is 15.9 Å². The number of nitrogens with zero attached hydrogens (tertiary/aromatic N) is 2. The van der Waals surface area contributed by atoms with E-state index in [4.69, 9.17) is 0 Å². The van der Waals surface area contributed by atoms with E-state index in [0.717, 1.165) is 21.3 Å². The lowest BCUT2D eigenvalue weighted by molar-refractivity contribution is 1.23. The number of H-pyrrole nitrogens is 1. The Hall–Kier alpha value is -1.16. The highest BCUT2D eigenvalue weighted by Crippen LogP contribution is 2.16. The van der Waals surface area contributed by atoms with E-state index >= 15 is 0 Å². The fraction of sp³-hybridized carbons (Fsp3) is 0. The van der Waals surface area contributed by atoms with Crippen LogP contribution in [0.3, 0.4) is 0 Å². The normalized spacial score (nSPS) is 10.4. The molecule has 0 saturated carbocycles. The van der Waals surface area contributed by atoms with E-state index in [2.05, 4.69) is 37.5 Å². The highest BCUT2D eigenvalue weighted by molar-refractivity contribution is 9.10. The first-order valence-corrected chi connectivity index (χ1v) is 4.22. The number of halogens is 1. The van der Waals surface area contributed by atoms with Crippen molar-refractivity contribution in [3.8, 4) is 0 Å². The lowest BCUT2D eigenvalue weighted by Gasteiger charge is -1.90. The minimum atomic E-state index is 0.734. The smallest absolute Gasteiger partial charge is 0.156 e. The van der Waals surface area contributed by atoms with E-state index in [-0.39, 0.29) is 0 Å². The molecule has 2 rings (SSSR count). The van der Waals surface area contributed by atoms with Crippen LogP contribution in [0.15, 0.2) is 23.6 Å².